The van der Waals surface area contributed by atoms with Crippen molar-refractivity contribution in [2.75, 3.05) is 14.2 Å². The van der Waals surface area contributed by atoms with Crippen molar-refractivity contribution in [3.05, 3.63) is 83.4 Å². The molecular weight excluding hydrogens is 422 g/mol. The number of aromatic nitrogens is 3. The van der Waals surface area contributed by atoms with Gasteiger partial charge in [0.25, 0.3) is 0 Å². The van der Waals surface area contributed by atoms with Gasteiger partial charge in [-0.1, -0.05) is 29.5 Å². The third kappa shape index (κ3) is 4.62. The van der Waals surface area contributed by atoms with Crippen LogP contribution in [0.15, 0.2) is 66.7 Å². The minimum absolute atomic E-state index is 0.245. The molecule has 1 aromatic heterocycles. The molecular formula is C24H23N5O4. The number of carbonyl (C=O) groups excluding carboxylic acids is 2. The van der Waals surface area contributed by atoms with E-state index in [1.807, 2.05) is 36.4 Å². The summed E-state index contributed by atoms with van der Waals surface area (Å²) < 4.78 is 12.2. The molecule has 2 amide bonds. The lowest BCUT2D eigenvalue weighted by atomic mass is 10.0. The first-order valence-corrected chi connectivity index (χ1v) is 10.2. The summed E-state index contributed by atoms with van der Waals surface area (Å²) in [6.45, 7) is 0.245. The number of rotatable bonds is 8. The fraction of sp³-hybridized carbons (Fsp3) is 0.167. The van der Waals surface area contributed by atoms with Gasteiger partial charge >= 0.3 is 0 Å². The number of hydrogen-bond acceptors (Lipinski definition) is 6. The van der Waals surface area contributed by atoms with Gasteiger partial charge in [0.05, 0.1) is 19.7 Å². The zero-order chi connectivity index (χ0) is 23.4. The van der Waals surface area contributed by atoms with E-state index in [4.69, 9.17) is 15.2 Å². The molecule has 0 bridgehead atoms. The third-order valence-corrected chi connectivity index (χ3v) is 5.26. The predicted molar refractivity (Wildman–Crippen MR) is 122 cm³/mol. The largest absolute Gasteiger partial charge is 0.497 e. The molecule has 0 fully saturated rings. The number of amides is 2. The highest BCUT2D eigenvalue weighted by Gasteiger charge is 2.26. The molecule has 0 saturated heterocycles. The normalized spacial score (nSPS) is 11.7. The van der Waals surface area contributed by atoms with Crippen LogP contribution in [0.2, 0.25) is 0 Å². The maximum atomic E-state index is 13.4. The number of nitrogens with two attached hydrogens (primary N) is 1. The first-order valence-electron chi connectivity index (χ1n) is 10.2. The number of fused-ring (bicyclic) bond motifs is 1. The minimum Gasteiger partial charge on any atom is -0.497 e. The molecule has 4 rings (SSSR count). The van der Waals surface area contributed by atoms with Gasteiger partial charge in [-0.25, -0.2) is 4.68 Å². The number of ether oxygens (including phenoxy) is 2. The van der Waals surface area contributed by atoms with Crippen molar-refractivity contribution in [3.8, 4) is 11.5 Å². The monoisotopic (exact) mass is 445 g/mol. The van der Waals surface area contributed by atoms with Crippen LogP contribution in [0.3, 0.4) is 0 Å². The average Bonchev–Trinajstić information content (AvgIpc) is 3.26. The fourth-order valence-electron chi connectivity index (χ4n) is 3.57. The van der Waals surface area contributed by atoms with Crippen molar-refractivity contribution < 1.29 is 19.1 Å². The van der Waals surface area contributed by atoms with Crippen LogP contribution in [0.5, 0.6) is 11.5 Å². The lowest BCUT2D eigenvalue weighted by Gasteiger charge is -2.19. The average molecular weight is 445 g/mol. The predicted octanol–water partition coefficient (Wildman–Crippen LogP) is 2.45. The molecule has 0 aliphatic carbocycles. The third-order valence-electron chi connectivity index (χ3n) is 5.26. The van der Waals surface area contributed by atoms with Gasteiger partial charge in [-0.3, -0.25) is 9.59 Å². The van der Waals surface area contributed by atoms with Crippen molar-refractivity contribution >= 4 is 22.8 Å². The van der Waals surface area contributed by atoms with E-state index in [0.29, 0.717) is 33.7 Å². The highest BCUT2D eigenvalue weighted by Crippen LogP contribution is 2.25. The number of nitrogens with one attached hydrogen (secondary N) is 1. The molecule has 1 atom stereocenters. The van der Waals surface area contributed by atoms with Crippen molar-refractivity contribution in [3.63, 3.8) is 0 Å². The number of primary amides is 1. The molecule has 1 unspecified atom stereocenters. The van der Waals surface area contributed by atoms with Gasteiger partial charge in [0.15, 0.2) is 6.04 Å². The van der Waals surface area contributed by atoms with Crippen molar-refractivity contribution in [2.24, 2.45) is 5.73 Å². The number of benzene rings is 3. The van der Waals surface area contributed by atoms with Gasteiger partial charge in [-0.2, -0.15) is 0 Å². The summed E-state index contributed by atoms with van der Waals surface area (Å²) in [6, 6.07) is 18.5. The molecule has 3 aromatic carbocycles. The van der Waals surface area contributed by atoms with Crippen LogP contribution in [0.25, 0.3) is 11.0 Å². The van der Waals surface area contributed by atoms with Crippen LogP contribution >= 0.6 is 0 Å². The second kappa shape index (κ2) is 9.39. The topological polar surface area (TPSA) is 121 Å². The standard InChI is InChI=1S/C24H23N5O4/c1-32-18-11-15(12-19(13-18)33-2)14-26-24(31)22(16-7-9-17(10-8-16)23(25)30)29-21-6-4-3-5-20(21)27-28-29/h3-13,22H,14H2,1-2H3,(H2,25,30)(H,26,31). The molecule has 4 aromatic rings. The molecule has 1 heterocycles. The summed E-state index contributed by atoms with van der Waals surface area (Å²) in [6.07, 6.45) is 0. The van der Waals surface area contributed by atoms with Crippen LogP contribution in [0.4, 0.5) is 0 Å². The molecule has 0 spiro atoms. The summed E-state index contributed by atoms with van der Waals surface area (Å²) in [7, 11) is 3.14. The first-order chi connectivity index (χ1) is 16.0. The Morgan fingerprint density at radius 1 is 1.00 bits per heavy atom. The lowest BCUT2D eigenvalue weighted by molar-refractivity contribution is -0.123. The van der Waals surface area contributed by atoms with Crippen molar-refractivity contribution in [1.82, 2.24) is 20.3 Å². The van der Waals surface area contributed by atoms with Gasteiger partial charge in [0.2, 0.25) is 11.8 Å². The van der Waals surface area contributed by atoms with Crippen LogP contribution in [0, 0.1) is 0 Å². The zero-order valence-corrected chi connectivity index (χ0v) is 18.2. The Hall–Kier alpha value is -4.40. The summed E-state index contributed by atoms with van der Waals surface area (Å²) in [4.78, 5) is 24.9. The van der Waals surface area contributed by atoms with Crippen molar-refractivity contribution in [1.29, 1.82) is 0 Å². The zero-order valence-electron chi connectivity index (χ0n) is 18.2. The Kier molecular flexibility index (Phi) is 6.21. The molecule has 33 heavy (non-hydrogen) atoms. The van der Waals surface area contributed by atoms with E-state index in [1.165, 1.54) is 0 Å². The number of carbonyl (C=O) groups is 2. The molecule has 168 valence electrons. The molecule has 0 aliphatic rings. The van der Waals surface area contributed by atoms with E-state index >= 15 is 0 Å². The lowest BCUT2D eigenvalue weighted by Crippen LogP contribution is -2.33. The molecule has 9 nitrogen and oxygen atoms in total. The number of hydrogen-bond donors (Lipinski definition) is 2. The van der Waals surface area contributed by atoms with Crippen LogP contribution < -0.4 is 20.5 Å². The summed E-state index contributed by atoms with van der Waals surface area (Å²) >= 11 is 0. The van der Waals surface area contributed by atoms with E-state index in [9.17, 15) is 9.59 Å². The smallest absolute Gasteiger partial charge is 0.249 e. The Morgan fingerprint density at radius 2 is 1.67 bits per heavy atom. The highest BCUT2D eigenvalue weighted by molar-refractivity contribution is 5.93. The van der Waals surface area contributed by atoms with E-state index in [2.05, 4.69) is 15.6 Å². The van der Waals surface area contributed by atoms with Gasteiger partial charge in [0, 0.05) is 18.2 Å². The van der Waals surface area contributed by atoms with E-state index in [1.54, 1.807) is 49.2 Å². The Bertz CT molecular complexity index is 1280. The Balaban J connectivity index is 1.67. The van der Waals surface area contributed by atoms with Crippen LogP contribution in [0.1, 0.15) is 27.5 Å². The van der Waals surface area contributed by atoms with E-state index in [-0.39, 0.29) is 12.5 Å². The Labute approximate surface area is 190 Å². The summed E-state index contributed by atoms with van der Waals surface area (Å²) in [5.74, 6) is 0.416. The quantitative estimate of drug-likeness (QED) is 0.430. The molecule has 0 radical (unpaired) electrons. The van der Waals surface area contributed by atoms with Crippen molar-refractivity contribution in [2.45, 2.75) is 12.6 Å². The molecule has 0 aliphatic heterocycles. The minimum atomic E-state index is -0.813. The summed E-state index contributed by atoms with van der Waals surface area (Å²) in [5, 5.41) is 11.4. The number of nitrogens with zero attached hydrogens (tertiary/aromatic N) is 3. The second-order valence-corrected chi connectivity index (χ2v) is 7.35. The molecule has 9 heteroatoms. The SMILES string of the molecule is COc1cc(CNC(=O)C(c2ccc(C(N)=O)cc2)n2nnc3ccccc32)cc(OC)c1. The van der Waals surface area contributed by atoms with Crippen LogP contribution in [-0.4, -0.2) is 41.0 Å². The van der Waals surface area contributed by atoms with Gasteiger partial charge in [-0.15, -0.1) is 5.10 Å². The van der Waals surface area contributed by atoms with Gasteiger partial charge in [-0.05, 0) is 47.5 Å². The molecule has 3 N–H and O–H groups in total. The molecule has 0 saturated carbocycles. The van der Waals surface area contributed by atoms with E-state index in [0.717, 1.165) is 5.56 Å². The Morgan fingerprint density at radius 3 is 2.30 bits per heavy atom. The number of para-hydroxylation sites is 1. The van der Waals surface area contributed by atoms with Crippen LogP contribution in [-0.2, 0) is 11.3 Å². The van der Waals surface area contributed by atoms with Gasteiger partial charge in [0.1, 0.15) is 17.0 Å². The van der Waals surface area contributed by atoms with E-state index < -0.39 is 11.9 Å². The van der Waals surface area contributed by atoms with Gasteiger partial charge < -0.3 is 20.5 Å². The summed E-state index contributed by atoms with van der Waals surface area (Å²) in [5.41, 5.74) is 8.54. The highest BCUT2D eigenvalue weighted by atomic mass is 16.5. The second-order valence-electron chi connectivity index (χ2n) is 7.35. The number of methoxy groups -OCH3 is 2. The first kappa shape index (κ1) is 21.8. The maximum Gasteiger partial charge on any atom is 0.249 e. The maximum absolute atomic E-state index is 13.4. The fourth-order valence-corrected chi connectivity index (χ4v) is 3.57.